The van der Waals surface area contributed by atoms with Crippen molar-refractivity contribution < 1.29 is 4.79 Å². The summed E-state index contributed by atoms with van der Waals surface area (Å²) in [7, 11) is 0. The van der Waals surface area contributed by atoms with Crippen molar-refractivity contribution in [2.45, 2.75) is 13.3 Å². The number of rotatable bonds is 4. The standard InChI is InChI=1S/C16H16Br2N2O/c1-11-10-14(6-7-15(11)18)20-16(21)19-9-8-12-2-4-13(17)5-3-12/h2-7,10H,8-9H2,1H3,(H2,19,20,21). The maximum Gasteiger partial charge on any atom is 0.319 e. The van der Waals surface area contributed by atoms with Gasteiger partial charge in [0.2, 0.25) is 0 Å². The molecule has 2 aromatic carbocycles. The summed E-state index contributed by atoms with van der Waals surface area (Å²) in [4.78, 5) is 11.8. The van der Waals surface area contributed by atoms with Crippen molar-refractivity contribution in [3.8, 4) is 0 Å². The van der Waals surface area contributed by atoms with Crippen LogP contribution < -0.4 is 10.6 Å². The Morgan fingerprint density at radius 2 is 1.81 bits per heavy atom. The van der Waals surface area contributed by atoms with E-state index < -0.39 is 0 Å². The molecule has 0 bridgehead atoms. The van der Waals surface area contributed by atoms with E-state index in [1.165, 1.54) is 5.56 Å². The number of benzene rings is 2. The summed E-state index contributed by atoms with van der Waals surface area (Å²) >= 11 is 6.84. The molecule has 21 heavy (non-hydrogen) atoms. The Morgan fingerprint density at radius 1 is 1.10 bits per heavy atom. The van der Waals surface area contributed by atoms with Gasteiger partial charge >= 0.3 is 6.03 Å². The number of hydrogen-bond donors (Lipinski definition) is 2. The van der Waals surface area contributed by atoms with Crippen LogP contribution in [-0.2, 0) is 6.42 Å². The van der Waals surface area contributed by atoms with Gasteiger partial charge in [-0.3, -0.25) is 0 Å². The molecule has 2 amide bonds. The topological polar surface area (TPSA) is 41.1 Å². The van der Waals surface area contributed by atoms with E-state index in [0.717, 1.165) is 26.6 Å². The summed E-state index contributed by atoms with van der Waals surface area (Å²) in [5.41, 5.74) is 3.07. The second kappa shape index (κ2) is 7.61. The fraction of sp³-hybridized carbons (Fsp3) is 0.188. The number of halogens is 2. The van der Waals surface area contributed by atoms with Gasteiger partial charge in [-0.05, 0) is 54.8 Å². The van der Waals surface area contributed by atoms with Crippen molar-refractivity contribution in [1.82, 2.24) is 5.32 Å². The van der Waals surface area contributed by atoms with Crippen LogP contribution in [0.15, 0.2) is 51.4 Å². The van der Waals surface area contributed by atoms with Crippen molar-refractivity contribution in [2.75, 3.05) is 11.9 Å². The van der Waals surface area contributed by atoms with E-state index in [9.17, 15) is 4.79 Å². The van der Waals surface area contributed by atoms with Gasteiger partial charge in [0, 0.05) is 21.2 Å². The van der Waals surface area contributed by atoms with Gasteiger partial charge in [-0.2, -0.15) is 0 Å². The van der Waals surface area contributed by atoms with Crippen LogP contribution in [0, 0.1) is 6.92 Å². The van der Waals surface area contributed by atoms with Crippen LogP contribution in [0.25, 0.3) is 0 Å². The maximum absolute atomic E-state index is 11.8. The average molecular weight is 412 g/mol. The van der Waals surface area contributed by atoms with E-state index in [-0.39, 0.29) is 6.03 Å². The molecule has 0 radical (unpaired) electrons. The Balaban J connectivity index is 1.79. The fourth-order valence-electron chi connectivity index (χ4n) is 1.87. The molecule has 0 aromatic heterocycles. The van der Waals surface area contributed by atoms with Gasteiger partial charge in [0.1, 0.15) is 0 Å². The Bertz CT molecular complexity index is 627. The highest BCUT2D eigenvalue weighted by atomic mass is 79.9. The Labute approximate surface area is 141 Å². The molecule has 0 fully saturated rings. The maximum atomic E-state index is 11.8. The highest BCUT2D eigenvalue weighted by molar-refractivity contribution is 9.10. The van der Waals surface area contributed by atoms with Crippen LogP contribution in [-0.4, -0.2) is 12.6 Å². The summed E-state index contributed by atoms with van der Waals surface area (Å²) in [6.45, 7) is 2.59. The van der Waals surface area contributed by atoms with Crippen molar-refractivity contribution in [3.05, 3.63) is 62.5 Å². The average Bonchev–Trinajstić information content (AvgIpc) is 2.45. The smallest absolute Gasteiger partial charge is 0.319 e. The van der Waals surface area contributed by atoms with E-state index in [4.69, 9.17) is 0 Å². The number of hydrogen-bond acceptors (Lipinski definition) is 1. The molecule has 2 aromatic rings. The van der Waals surface area contributed by atoms with Crippen molar-refractivity contribution >= 4 is 43.6 Å². The predicted molar refractivity (Wildman–Crippen MR) is 93.7 cm³/mol. The number of urea groups is 1. The second-order valence-corrected chi connectivity index (χ2v) is 6.49. The van der Waals surface area contributed by atoms with Crippen molar-refractivity contribution in [1.29, 1.82) is 0 Å². The summed E-state index contributed by atoms with van der Waals surface area (Å²) in [6.07, 6.45) is 0.806. The number of carbonyl (C=O) groups excluding carboxylic acids is 1. The summed E-state index contributed by atoms with van der Waals surface area (Å²) < 4.78 is 2.09. The molecule has 5 heteroatoms. The van der Waals surface area contributed by atoms with E-state index in [1.807, 2.05) is 49.4 Å². The number of nitrogens with one attached hydrogen (secondary N) is 2. The molecule has 2 rings (SSSR count). The monoisotopic (exact) mass is 410 g/mol. The van der Waals surface area contributed by atoms with Crippen LogP contribution in [0.3, 0.4) is 0 Å². The molecule has 0 saturated heterocycles. The third-order valence-corrected chi connectivity index (χ3v) is 4.45. The van der Waals surface area contributed by atoms with Gasteiger partial charge in [-0.1, -0.05) is 44.0 Å². The lowest BCUT2D eigenvalue weighted by molar-refractivity contribution is 0.252. The Kier molecular flexibility index (Phi) is 5.82. The molecular weight excluding hydrogens is 396 g/mol. The second-order valence-electron chi connectivity index (χ2n) is 4.72. The van der Waals surface area contributed by atoms with Gasteiger partial charge in [0.25, 0.3) is 0 Å². The quantitative estimate of drug-likeness (QED) is 0.739. The van der Waals surface area contributed by atoms with E-state index in [1.54, 1.807) is 0 Å². The van der Waals surface area contributed by atoms with Crippen LogP contribution in [0.4, 0.5) is 10.5 Å². The van der Waals surface area contributed by atoms with Crippen LogP contribution in [0.1, 0.15) is 11.1 Å². The summed E-state index contributed by atoms with van der Waals surface area (Å²) in [5.74, 6) is 0. The largest absolute Gasteiger partial charge is 0.338 e. The number of amides is 2. The highest BCUT2D eigenvalue weighted by Crippen LogP contribution is 2.19. The van der Waals surface area contributed by atoms with Crippen LogP contribution in [0.5, 0.6) is 0 Å². The van der Waals surface area contributed by atoms with Gasteiger partial charge in [-0.25, -0.2) is 4.79 Å². The molecule has 0 saturated carbocycles. The minimum Gasteiger partial charge on any atom is -0.338 e. The van der Waals surface area contributed by atoms with E-state index in [0.29, 0.717) is 6.54 Å². The molecule has 0 spiro atoms. The zero-order valence-corrected chi connectivity index (χ0v) is 14.8. The molecule has 0 aliphatic carbocycles. The number of carbonyl (C=O) groups is 1. The van der Waals surface area contributed by atoms with Gasteiger partial charge in [0.15, 0.2) is 0 Å². The lowest BCUT2D eigenvalue weighted by Gasteiger charge is -2.09. The number of aryl methyl sites for hydroxylation is 1. The zero-order chi connectivity index (χ0) is 15.2. The number of anilines is 1. The van der Waals surface area contributed by atoms with Gasteiger partial charge in [0.05, 0.1) is 0 Å². The summed E-state index contributed by atoms with van der Waals surface area (Å²) in [5, 5.41) is 5.68. The minimum absolute atomic E-state index is 0.186. The molecule has 0 aliphatic heterocycles. The van der Waals surface area contributed by atoms with E-state index in [2.05, 4.69) is 42.5 Å². The first kappa shape index (κ1) is 16.0. The predicted octanol–water partition coefficient (Wildman–Crippen LogP) is 4.88. The molecule has 0 aliphatic rings. The lowest BCUT2D eigenvalue weighted by Crippen LogP contribution is -2.30. The van der Waals surface area contributed by atoms with Gasteiger partial charge in [-0.15, -0.1) is 0 Å². The third-order valence-electron chi connectivity index (χ3n) is 3.03. The molecule has 0 atom stereocenters. The van der Waals surface area contributed by atoms with Gasteiger partial charge < -0.3 is 10.6 Å². The molecule has 2 N–H and O–H groups in total. The Morgan fingerprint density at radius 3 is 2.48 bits per heavy atom. The van der Waals surface area contributed by atoms with Crippen LogP contribution in [0.2, 0.25) is 0 Å². The molecular formula is C16H16Br2N2O. The third kappa shape index (κ3) is 5.17. The highest BCUT2D eigenvalue weighted by Gasteiger charge is 2.03. The normalized spacial score (nSPS) is 10.2. The zero-order valence-electron chi connectivity index (χ0n) is 11.6. The Hall–Kier alpha value is -1.33. The minimum atomic E-state index is -0.186. The first-order chi connectivity index (χ1) is 10.0. The SMILES string of the molecule is Cc1cc(NC(=O)NCCc2ccc(Br)cc2)ccc1Br. The molecule has 3 nitrogen and oxygen atoms in total. The van der Waals surface area contributed by atoms with E-state index >= 15 is 0 Å². The van der Waals surface area contributed by atoms with Crippen molar-refractivity contribution in [2.24, 2.45) is 0 Å². The molecule has 110 valence electrons. The summed E-state index contributed by atoms with van der Waals surface area (Å²) in [6, 6.07) is 13.6. The first-order valence-corrected chi connectivity index (χ1v) is 8.18. The van der Waals surface area contributed by atoms with Crippen LogP contribution >= 0.6 is 31.9 Å². The van der Waals surface area contributed by atoms with Crippen molar-refractivity contribution in [3.63, 3.8) is 0 Å². The molecule has 0 unspecified atom stereocenters. The lowest BCUT2D eigenvalue weighted by atomic mass is 10.1. The fourth-order valence-corrected chi connectivity index (χ4v) is 2.38. The molecule has 0 heterocycles. The first-order valence-electron chi connectivity index (χ1n) is 6.60.